The van der Waals surface area contributed by atoms with Crippen LogP contribution < -0.4 is 10.1 Å². The van der Waals surface area contributed by atoms with E-state index in [1.54, 1.807) is 42.9 Å². The molecule has 0 saturated heterocycles. The van der Waals surface area contributed by atoms with Crippen LogP contribution in [-0.2, 0) is 11.8 Å². The second-order valence-electron chi connectivity index (χ2n) is 5.82. The third kappa shape index (κ3) is 4.28. The van der Waals surface area contributed by atoms with Crippen LogP contribution >= 0.6 is 11.8 Å². The number of methoxy groups -OCH3 is 1. The van der Waals surface area contributed by atoms with Crippen LogP contribution in [0.2, 0.25) is 0 Å². The lowest BCUT2D eigenvalue weighted by atomic mass is 10.2. The Morgan fingerprint density at radius 2 is 1.89 bits per heavy atom. The fourth-order valence-corrected chi connectivity index (χ4v) is 3.28. The number of hydrogen-bond acceptors (Lipinski definition) is 5. The highest BCUT2D eigenvalue weighted by Gasteiger charge is 2.20. The molecule has 3 rings (SSSR count). The van der Waals surface area contributed by atoms with Crippen molar-refractivity contribution in [2.45, 2.75) is 17.3 Å². The summed E-state index contributed by atoms with van der Waals surface area (Å²) in [5.41, 5.74) is 1.37. The van der Waals surface area contributed by atoms with Crippen molar-refractivity contribution in [3.63, 3.8) is 0 Å². The number of carbonyl (C=O) groups is 1. The molecule has 140 valence electrons. The van der Waals surface area contributed by atoms with Crippen molar-refractivity contribution in [1.29, 1.82) is 0 Å². The van der Waals surface area contributed by atoms with Crippen LogP contribution in [0.3, 0.4) is 0 Å². The van der Waals surface area contributed by atoms with Gasteiger partial charge in [-0.25, -0.2) is 4.39 Å². The van der Waals surface area contributed by atoms with Gasteiger partial charge in [-0.2, -0.15) is 0 Å². The summed E-state index contributed by atoms with van der Waals surface area (Å²) >= 11 is 1.29. The maximum atomic E-state index is 13.1. The molecule has 0 bridgehead atoms. The number of hydrogen-bond donors (Lipinski definition) is 1. The second kappa shape index (κ2) is 8.22. The van der Waals surface area contributed by atoms with Crippen molar-refractivity contribution in [2.24, 2.45) is 7.05 Å². The first-order chi connectivity index (χ1) is 13.0. The van der Waals surface area contributed by atoms with Gasteiger partial charge < -0.3 is 14.6 Å². The average molecular weight is 386 g/mol. The van der Waals surface area contributed by atoms with Gasteiger partial charge in [0.25, 0.3) is 0 Å². The van der Waals surface area contributed by atoms with Crippen LogP contribution in [0.25, 0.3) is 11.4 Å². The van der Waals surface area contributed by atoms with Crippen molar-refractivity contribution in [2.75, 3.05) is 12.4 Å². The smallest absolute Gasteiger partial charge is 0.237 e. The first kappa shape index (κ1) is 18.9. The minimum Gasteiger partial charge on any atom is -0.495 e. The average Bonchev–Trinajstić information content (AvgIpc) is 3.03. The Hall–Kier alpha value is -2.87. The summed E-state index contributed by atoms with van der Waals surface area (Å²) in [7, 11) is 3.37. The highest BCUT2D eigenvalue weighted by Crippen LogP contribution is 2.28. The predicted octanol–water partition coefficient (Wildman–Crippen LogP) is 3.75. The fraction of sp³-hybridized carbons (Fsp3) is 0.211. The van der Waals surface area contributed by atoms with Crippen molar-refractivity contribution >= 4 is 23.4 Å². The molecule has 2 aromatic carbocycles. The number of thioether (sulfide) groups is 1. The highest BCUT2D eigenvalue weighted by atomic mass is 32.2. The van der Waals surface area contributed by atoms with Gasteiger partial charge in [0.1, 0.15) is 11.6 Å². The van der Waals surface area contributed by atoms with Crippen LogP contribution in [0.1, 0.15) is 6.92 Å². The summed E-state index contributed by atoms with van der Waals surface area (Å²) in [5, 5.41) is 11.4. The van der Waals surface area contributed by atoms with Crippen LogP contribution in [0.5, 0.6) is 5.75 Å². The molecule has 0 aliphatic rings. The number of ether oxygens (including phenoxy) is 1. The molecular weight excluding hydrogens is 367 g/mol. The number of halogens is 1. The first-order valence-electron chi connectivity index (χ1n) is 8.25. The zero-order valence-electron chi connectivity index (χ0n) is 15.1. The molecule has 1 aromatic heterocycles. The lowest BCUT2D eigenvalue weighted by molar-refractivity contribution is -0.115. The predicted molar refractivity (Wildman–Crippen MR) is 103 cm³/mol. The first-order valence-corrected chi connectivity index (χ1v) is 9.13. The number of aromatic nitrogens is 3. The minimum atomic E-state index is -0.404. The molecule has 1 heterocycles. The molecule has 1 amide bonds. The zero-order chi connectivity index (χ0) is 19.4. The van der Waals surface area contributed by atoms with Gasteiger partial charge in [0.05, 0.1) is 18.0 Å². The normalized spacial score (nSPS) is 11.9. The zero-order valence-corrected chi connectivity index (χ0v) is 16.0. The van der Waals surface area contributed by atoms with E-state index in [0.29, 0.717) is 22.4 Å². The number of carbonyl (C=O) groups excluding carboxylic acids is 1. The Labute approximate surface area is 160 Å². The molecule has 0 saturated carbocycles. The summed E-state index contributed by atoms with van der Waals surface area (Å²) in [4.78, 5) is 12.5. The van der Waals surface area contributed by atoms with Crippen LogP contribution in [0.15, 0.2) is 53.7 Å². The van der Waals surface area contributed by atoms with Gasteiger partial charge in [0.15, 0.2) is 11.0 Å². The molecule has 6 nitrogen and oxygen atoms in total. The van der Waals surface area contributed by atoms with E-state index in [2.05, 4.69) is 15.5 Å². The van der Waals surface area contributed by atoms with E-state index in [1.165, 1.54) is 23.9 Å². The van der Waals surface area contributed by atoms with Gasteiger partial charge in [0, 0.05) is 12.6 Å². The monoisotopic (exact) mass is 386 g/mol. The standard InChI is InChI=1S/C19H19FN4O2S/c1-12(18(25)21-15-6-4-5-7-16(15)26-3)27-19-23-22-17(24(19)2)13-8-10-14(20)11-9-13/h4-12H,1-3H3,(H,21,25)/t12-/m1/s1. The highest BCUT2D eigenvalue weighted by molar-refractivity contribution is 8.00. The summed E-state index contributed by atoms with van der Waals surface area (Å²) in [6.07, 6.45) is 0. The van der Waals surface area contributed by atoms with Gasteiger partial charge in [-0.3, -0.25) is 4.79 Å². The lowest BCUT2D eigenvalue weighted by Crippen LogP contribution is -2.23. The van der Waals surface area contributed by atoms with Crippen molar-refractivity contribution in [1.82, 2.24) is 14.8 Å². The van der Waals surface area contributed by atoms with E-state index in [-0.39, 0.29) is 11.7 Å². The number of benzene rings is 2. The third-order valence-corrected chi connectivity index (χ3v) is 5.09. The van der Waals surface area contributed by atoms with E-state index in [0.717, 1.165) is 5.56 Å². The van der Waals surface area contributed by atoms with Crippen LogP contribution in [0.4, 0.5) is 10.1 Å². The summed E-state index contributed by atoms with van der Waals surface area (Å²) in [6, 6.07) is 13.3. The van der Waals surface area contributed by atoms with Crippen molar-refractivity contribution in [3.05, 3.63) is 54.3 Å². The van der Waals surface area contributed by atoms with Gasteiger partial charge in [-0.15, -0.1) is 10.2 Å². The molecule has 27 heavy (non-hydrogen) atoms. The van der Waals surface area contributed by atoms with E-state index in [4.69, 9.17) is 4.74 Å². The largest absolute Gasteiger partial charge is 0.495 e. The Balaban J connectivity index is 1.71. The van der Waals surface area contributed by atoms with Crippen LogP contribution in [-0.4, -0.2) is 33.0 Å². The topological polar surface area (TPSA) is 69.0 Å². The van der Waals surface area contributed by atoms with E-state index < -0.39 is 5.25 Å². The molecule has 3 aromatic rings. The molecule has 0 aliphatic carbocycles. The minimum absolute atomic E-state index is 0.171. The molecule has 0 radical (unpaired) electrons. The van der Waals surface area contributed by atoms with Gasteiger partial charge in [0.2, 0.25) is 5.91 Å². The molecule has 1 N–H and O–H groups in total. The Morgan fingerprint density at radius 3 is 2.59 bits per heavy atom. The van der Waals surface area contributed by atoms with E-state index in [9.17, 15) is 9.18 Å². The fourth-order valence-electron chi connectivity index (χ4n) is 2.46. The number of para-hydroxylation sites is 2. The van der Waals surface area contributed by atoms with Crippen LogP contribution in [0, 0.1) is 5.82 Å². The van der Waals surface area contributed by atoms with Gasteiger partial charge >= 0.3 is 0 Å². The van der Waals surface area contributed by atoms with Crippen molar-refractivity contribution in [3.8, 4) is 17.1 Å². The molecule has 8 heteroatoms. The Kier molecular flexibility index (Phi) is 5.75. The molecular formula is C19H19FN4O2S. The number of rotatable bonds is 6. The van der Waals surface area contributed by atoms with Gasteiger partial charge in [-0.1, -0.05) is 23.9 Å². The molecule has 0 aliphatic heterocycles. The third-order valence-electron chi connectivity index (χ3n) is 3.95. The Bertz CT molecular complexity index is 943. The Morgan fingerprint density at radius 1 is 1.19 bits per heavy atom. The van der Waals surface area contributed by atoms with Crippen molar-refractivity contribution < 1.29 is 13.9 Å². The lowest BCUT2D eigenvalue weighted by Gasteiger charge is -2.13. The van der Waals surface area contributed by atoms with Gasteiger partial charge in [-0.05, 0) is 43.3 Å². The maximum Gasteiger partial charge on any atom is 0.237 e. The maximum absolute atomic E-state index is 13.1. The number of nitrogens with one attached hydrogen (secondary N) is 1. The van der Waals surface area contributed by atoms with E-state index >= 15 is 0 Å². The molecule has 0 unspecified atom stereocenters. The molecule has 1 atom stereocenters. The summed E-state index contributed by atoms with van der Waals surface area (Å²) in [5.74, 6) is 0.725. The second-order valence-corrected chi connectivity index (χ2v) is 7.13. The molecule has 0 fully saturated rings. The summed E-state index contributed by atoms with van der Waals surface area (Å²) in [6.45, 7) is 1.79. The summed E-state index contributed by atoms with van der Waals surface area (Å²) < 4.78 is 20.1. The number of anilines is 1. The number of amides is 1. The quantitative estimate of drug-likeness (QED) is 0.654. The molecule has 0 spiro atoms. The van der Waals surface area contributed by atoms with E-state index in [1.807, 2.05) is 19.2 Å². The number of nitrogens with zero attached hydrogens (tertiary/aromatic N) is 3. The SMILES string of the molecule is COc1ccccc1NC(=O)[C@@H](C)Sc1nnc(-c2ccc(F)cc2)n1C.